The van der Waals surface area contributed by atoms with Crippen LogP contribution in [-0.2, 0) is 0 Å². The molecule has 2 aromatic rings. The molecule has 0 radical (unpaired) electrons. The molecule has 0 aliphatic heterocycles. The number of hydrogen-bond acceptors (Lipinski definition) is 6. The second kappa shape index (κ2) is 5.99. The van der Waals surface area contributed by atoms with E-state index in [4.69, 9.17) is 10.5 Å². The summed E-state index contributed by atoms with van der Waals surface area (Å²) in [6.07, 6.45) is 2.71. The molecule has 0 aliphatic rings. The normalized spacial score (nSPS) is 10.2. The Bertz CT molecular complexity index is 558. The Balaban J connectivity index is 2.20. The van der Waals surface area contributed by atoms with Gasteiger partial charge in [-0.3, -0.25) is 4.98 Å². The molecule has 0 aliphatic carbocycles. The highest BCUT2D eigenvalue weighted by atomic mass is 16.5. The number of aromatic nitrogens is 3. The Labute approximate surface area is 112 Å². The monoisotopic (exact) mass is 259 g/mol. The number of nitrogens with two attached hydrogens (primary N) is 1. The van der Waals surface area contributed by atoms with Gasteiger partial charge in [-0.15, -0.1) is 0 Å². The summed E-state index contributed by atoms with van der Waals surface area (Å²) in [5, 5.41) is 3.15. The van der Waals surface area contributed by atoms with Crippen LogP contribution in [0, 0.1) is 6.92 Å². The van der Waals surface area contributed by atoms with Gasteiger partial charge in [0.25, 0.3) is 0 Å². The first kappa shape index (κ1) is 13.1. The molecular formula is C13H17N5O. The van der Waals surface area contributed by atoms with Crippen molar-refractivity contribution in [2.24, 2.45) is 0 Å². The second-order valence-electron chi connectivity index (χ2n) is 4.07. The van der Waals surface area contributed by atoms with E-state index < -0.39 is 0 Å². The number of nitrogen functional groups attached to an aromatic ring is 1. The number of nitrogens with zero attached hydrogens (tertiary/aromatic N) is 3. The van der Waals surface area contributed by atoms with Crippen molar-refractivity contribution in [3.8, 4) is 11.6 Å². The number of anilines is 2. The molecule has 0 fully saturated rings. The molecule has 0 spiro atoms. The van der Waals surface area contributed by atoms with E-state index in [0.717, 1.165) is 18.7 Å². The highest BCUT2D eigenvalue weighted by molar-refractivity contribution is 5.44. The van der Waals surface area contributed by atoms with Gasteiger partial charge in [-0.1, -0.05) is 6.92 Å². The topological polar surface area (TPSA) is 86.0 Å². The molecule has 0 amide bonds. The number of pyridine rings is 1. The van der Waals surface area contributed by atoms with Crippen LogP contribution in [0.25, 0.3) is 0 Å². The van der Waals surface area contributed by atoms with Crippen LogP contribution in [0.15, 0.2) is 24.4 Å². The lowest BCUT2D eigenvalue weighted by atomic mass is 10.3. The number of ether oxygens (including phenoxy) is 1. The summed E-state index contributed by atoms with van der Waals surface area (Å²) in [6, 6.07) is 5.36. The summed E-state index contributed by atoms with van der Waals surface area (Å²) >= 11 is 0. The maximum Gasteiger partial charge on any atom is 0.226 e. The third-order valence-corrected chi connectivity index (χ3v) is 2.45. The van der Waals surface area contributed by atoms with Gasteiger partial charge in [0.2, 0.25) is 11.8 Å². The number of hydrogen-bond donors (Lipinski definition) is 2. The molecule has 6 nitrogen and oxygen atoms in total. The molecular weight excluding hydrogens is 242 g/mol. The van der Waals surface area contributed by atoms with Crippen molar-refractivity contribution in [1.82, 2.24) is 15.0 Å². The summed E-state index contributed by atoms with van der Waals surface area (Å²) in [5.74, 6) is 1.90. The molecule has 0 atom stereocenters. The van der Waals surface area contributed by atoms with Gasteiger partial charge < -0.3 is 15.8 Å². The van der Waals surface area contributed by atoms with Crippen LogP contribution in [0.4, 0.5) is 11.8 Å². The van der Waals surface area contributed by atoms with Gasteiger partial charge in [-0.05, 0) is 25.5 Å². The molecule has 0 saturated heterocycles. The van der Waals surface area contributed by atoms with Crippen LogP contribution in [0.2, 0.25) is 0 Å². The van der Waals surface area contributed by atoms with Crippen LogP contribution < -0.4 is 15.8 Å². The second-order valence-corrected chi connectivity index (χ2v) is 4.07. The molecule has 100 valence electrons. The van der Waals surface area contributed by atoms with Gasteiger partial charge in [-0.2, -0.15) is 9.97 Å². The Morgan fingerprint density at radius 3 is 2.95 bits per heavy atom. The fourth-order valence-electron chi connectivity index (χ4n) is 1.53. The first-order valence-electron chi connectivity index (χ1n) is 6.17. The van der Waals surface area contributed by atoms with E-state index in [0.29, 0.717) is 17.4 Å². The van der Waals surface area contributed by atoms with E-state index in [9.17, 15) is 0 Å². The van der Waals surface area contributed by atoms with Crippen molar-refractivity contribution >= 4 is 11.8 Å². The largest absolute Gasteiger partial charge is 0.437 e. The number of rotatable bonds is 5. The average molecular weight is 259 g/mol. The Kier molecular flexibility index (Phi) is 4.12. The predicted molar refractivity (Wildman–Crippen MR) is 74.3 cm³/mol. The van der Waals surface area contributed by atoms with Gasteiger partial charge in [0.15, 0.2) is 5.75 Å². The molecule has 2 aromatic heterocycles. The number of aryl methyl sites for hydroxylation is 1. The Morgan fingerprint density at radius 1 is 1.37 bits per heavy atom. The molecule has 0 aromatic carbocycles. The van der Waals surface area contributed by atoms with Crippen LogP contribution >= 0.6 is 0 Å². The molecule has 3 N–H and O–H groups in total. The van der Waals surface area contributed by atoms with E-state index in [2.05, 4.69) is 27.2 Å². The van der Waals surface area contributed by atoms with E-state index in [1.807, 2.05) is 19.1 Å². The Morgan fingerprint density at radius 2 is 2.21 bits per heavy atom. The highest BCUT2D eigenvalue weighted by Gasteiger charge is 2.06. The third kappa shape index (κ3) is 3.54. The van der Waals surface area contributed by atoms with E-state index in [1.165, 1.54) is 0 Å². The summed E-state index contributed by atoms with van der Waals surface area (Å²) in [5.41, 5.74) is 6.46. The average Bonchev–Trinajstić information content (AvgIpc) is 2.38. The first-order chi connectivity index (χ1) is 9.19. The molecule has 0 bridgehead atoms. The lowest BCUT2D eigenvalue weighted by molar-refractivity contribution is 0.456. The minimum atomic E-state index is 0.178. The van der Waals surface area contributed by atoms with Crippen LogP contribution in [0.1, 0.15) is 19.0 Å². The zero-order chi connectivity index (χ0) is 13.7. The molecule has 0 saturated carbocycles. The smallest absolute Gasteiger partial charge is 0.226 e. The molecule has 0 unspecified atom stereocenters. The van der Waals surface area contributed by atoms with E-state index in [-0.39, 0.29) is 5.95 Å². The van der Waals surface area contributed by atoms with Crippen LogP contribution in [-0.4, -0.2) is 21.5 Å². The lowest BCUT2D eigenvalue weighted by Crippen LogP contribution is -2.05. The summed E-state index contributed by atoms with van der Waals surface area (Å²) in [7, 11) is 0. The maximum atomic E-state index is 5.68. The number of nitrogens with one attached hydrogen (secondary N) is 1. The van der Waals surface area contributed by atoms with E-state index >= 15 is 0 Å². The molecule has 2 heterocycles. The Hall–Kier alpha value is -2.37. The van der Waals surface area contributed by atoms with Gasteiger partial charge in [0.1, 0.15) is 5.82 Å². The molecule has 6 heteroatoms. The van der Waals surface area contributed by atoms with E-state index in [1.54, 1.807) is 12.3 Å². The van der Waals surface area contributed by atoms with Gasteiger partial charge in [0, 0.05) is 18.8 Å². The van der Waals surface area contributed by atoms with Crippen LogP contribution in [0.5, 0.6) is 11.6 Å². The summed E-state index contributed by atoms with van der Waals surface area (Å²) in [6.45, 7) is 4.77. The first-order valence-corrected chi connectivity index (χ1v) is 6.17. The minimum Gasteiger partial charge on any atom is -0.437 e. The van der Waals surface area contributed by atoms with Crippen molar-refractivity contribution in [1.29, 1.82) is 0 Å². The maximum absolute atomic E-state index is 5.68. The zero-order valence-corrected chi connectivity index (χ0v) is 11.1. The minimum absolute atomic E-state index is 0.178. The zero-order valence-electron chi connectivity index (χ0n) is 11.1. The molecule has 19 heavy (non-hydrogen) atoms. The van der Waals surface area contributed by atoms with Gasteiger partial charge in [0.05, 0.1) is 5.69 Å². The lowest BCUT2D eigenvalue weighted by Gasteiger charge is -2.09. The van der Waals surface area contributed by atoms with Crippen molar-refractivity contribution in [3.05, 3.63) is 30.1 Å². The fourth-order valence-corrected chi connectivity index (χ4v) is 1.53. The highest BCUT2D eigenvalue weighted by Crippen LogP contribution is 2.23. The van der Waals surface area contributed by atoms with Crippen molar-refractivity contribution in [2.45, 2.75) is 20.3 Å². The third-order valence-electron chi connectivity index (χ3n) is 2.45. The summed E-state index contributed by atoms with van der Waals surface area (Å²) < 4.78 is 5.68. The predicted octanol–water partition coefficient (Wildman–Crippen LogP) is 2.38. The fraction of sp³-hybridized carbons (Fsp3) is 0.308. The molecule has 2 rings (SSSR count). The van der Waals surface area contributed by atoms with Crippen molar-refractivity contribution in [2.75, 3.05) is 17.6 Å². The van der Waals surface area contributed by atoms with Gasteiger partial charge >= 0.3 is 0 Å². The van der Waals surface area contributed by atoms with Gasteiger partial charge in [-0.25, -0.2) is 0 Å². The SMILES string of the molecule is CCCNc1cc(Oc2cccnc2C)nc(N)n1. The quantitative estimate of drug-likeness (QED) is 0.857. The summed E-state index contributed by atoms with van der Waals surface area (Å²) in [4.78, 5) is 12.3. The van der Waals surface area contributed by atoms with Crippen molar-refractivity contribution in [3.63, 3.8) is 0 Å². The standard InChI is InChI=1S/C13H17N5O/c1-3-6-16-11-8-12(18-13(14)17-11)19-10-5-4-7-15-9(10)2/h4-5,7-8H,3,6H2,1-2H3,(H3,14,16,17,18). The van der Waals surface area contributed by atoms with Crippen LogP contribution in [0.3, 0.4) is 0 Å². The van der Waals surface area contributed by atoms with Crippen molar-refractivity contribution < 1.29 is 4.74 Å².